The summed E-state index contributed by atoms with van der Waals surface area (Å²) < 4.78 is 5.97. The summed E-state index contributed by atoms with van der Waals surface area (Å²) in [4.78, 5) is 22.6. The first-order chi connectivity index (χ1) is 18.0. The number of benzene rings is 3. The molecule has 2 fully saturated rings. The minimum Gasteiger partial charge on any atom is -0.457 e. The normalized spacial score (nSPS) is 20.1. The maximum atomic E-state index is 11.9. The Balaban J connectivity index is 1.27. The van der Waals surface area contributed by atoms with Gasteiger partial charge in [-0.05, 0) is 67.8 Å². The number of nitro benzene ring substituents is 1. The molecule has 37 heavy (non-hydrogen) atoms. The number of anilines is 2. The average Bonchev–Trinajstić information content (AvgIpc) is 3.36. The zero-order chi connectivity index (χ0) is 25.5. The molecule has 2 heterocycles. The number of aryl methyl sites for hydroxylation is 1. The second kappa shape index (κ2) is 9.19. The number of piperidine rings is 1. The standard InChI is InChI=1S/C29H25N5O3/c1-18-12-20(9-11-28(18)37-21-6-4-3-5-7-21)32-29-23-14-27(34(35)36)19(13-26(23)30-17-31-29)8-10-22-24-15-33(2)16-25(22)24/h3-7,9,11-14,17,22,24-25H,15-16H2,1-2H3,(H,30,31,32)/t22-,24-,25+. The fourth-order valence-corrected chi connectivity index (χ4v) is 5.15. The summed E-state index contributed by atoms with van der Waals surface area (Å²) in [6.07, 6.45) is 1.45. The number of hydrogen-bond donors (Lipinski definition) is 1. The van der Waals surface area contributed by atoms with E-state index < -0.39 is 0 Å². The summed E-state index contributed by atoms with van der Waals surface area (Å²) >= 11 is 0. The second-order valence-electron chi connectivity index (χ2n) is 9.73. The van der Waals surface area contributed by atoms with Gasteiger partial charge in [-0.3, -0.25) is 10.1 Å². The quantitative estimate of drug-likeness (QED) is 0.222. The highest BCUT2D eigenvalue weighted by molar-refractivity contribution is 5.93. The number of hydrogen-bond acceptors (Lipinski definition) is 7. The Morgan fingerprint density at radius 3 is 2.59 bits per heavy atom. The van der Waals surface area contributed by atoms with Crippen LogP contribution in [-0.2, 0) is 0 Å². The van der Waals surface area contributed by atoms with Crippen molar-refractivity contribution in [2.45, 2.75) is 6.92 Å². The van der Waals surface area contributed by atoms with Gasteiger partial charge in [-0.15, -0.1) is 0 Å². The van der Waals surface area contributed by atoms with Gasteiger partial charge in [0.05, 0.1) is 10.4 Å². The number of ether oxygens (including phenoxy) is 1. The number of fused-ring (bicyclic) bond motifs is 2. The molecule has 1 saturated heterocycles. The van der Waals surface area contributed by atoms with Crippen LogP contribution in [0.4, 0.5) is 17.2 Å². The second-order valence-corrected chi connectivity index (χ2v) is 9.73. The van der Waals surface area contributed by atoms with E-state index in [0.29, 0.717) is 40.0 Å². The first-order valence-corrected chi connectivity index (χ1v) is 12.2. The van der Waals surface area contributed by atoms with Gasteiger partial charge in [0.15, 0.2) is 0 Å². The first-order valence-electron chi connectivity index (χ1n) is 12.2. The molecule has 3 aromatic carbocycles. The molecular weight excluding hydrogens is 466 g/mol. The molecule has 0 radical (unpaired) electrons. The van der Waals surface area contributed by atoms with Crippen LogP contribution in [0, 0.1) is 46.6 Å². The molecule has 8 heteroatoms. The van der Waals surface area contributed by atoms with E-state index in [1.54, 1.807) is 6.07 Å². The fourth-order valence-electron chi connectivity index (χ4n) is 5.15. The van der Waals surface area contributed by atoms with Gasteiger partial charge in [0.1, 0.15) is 29.2 Å². The van der Waals surface area contributed by atoms with Crippen molar-refractivity contribution in [3.63, 3.8) is 0 Å². The van der Waals surface area contributed by atoms with Crippen molar-refractivity contribution in [2.75, 3.05) is 25.5 Å². The van der Waals surface area contributed by atoms with Crippen molar-refractivity contribution in [3.05, 3.63) is 88.2 Å². The Morgan fingerprint density at radius 2 is 1.86 bits per heavy atom. The van der Waals surface area contributed by atoms with Gasteiger partial charge >= 0.3 is 0 Å². The number of nitro groups is 1. The molecule has 0 bridgehead atoms. The molecule has 6 rings (SSSR count). The molecule has 4 aromatic rings. The minimum atomic E-state index is -0.387. The van der Waals surface area contributed by atoms with E-state index in [2.05, 4.69) is 39.1 Å². The van der Waals surface area contributed by atoms with Crippen molar-refractivity contribution >= 4 is 28.1 Å². The lowest BCUT2D eigenvalue weighted by Crippen LogP contribution is -2.18. The number of likely N-dealkylation sites (tertiary alicyclic amines) is 1. The summed E-state index contributed by atoms with van der Waals surface area (Å²) in [5.41, 5.74) is 2.67. The van der Waals surface area contributed by atoms with E-state index in [1.165, 1.54) is 12.4 Å². The summed E-state index contributed by atoms with van der Waals surface area (Å²) in [5.74, 6) is 9.87. The third-order valence-electron chi connectivity index (χ3n) is 7.11. The number of nitrogens with one attached hydrogen (secondary N) is 1. The Labute approximate surface area is 214 Å². The van der Waals surface area contributed by atoms with Crippen LogP contribution in [0.3, 0.4) is 0 Å². The Hall–Kier alpha value is -4.48. The summed E-state index contributed by atoms with van der Waals surface area (Å²) in [7, 11) is 2.12. The highest BCUT2D eigenvalue weighted by Crippen LogP contribution is 2.50. The zero-order valence-electron chi connectivity index (χ0n) is 20.5. The average molecular weight is 492 g/mol. The van der Waals surface area contributed by atoms with Crippen molar-refractivity contribution in [1.29, 1.82) is 0 Å². The van der Waals surface area contributed by atoms with Gasteiger partial charge in [0.2, 0.25) is 0 Å². The zero-order valence-corrected chi connectivity index (χ0v) is 20.5. The Bertz CT molecular complexity index is 1570. The van der Waals surface area contributed by atoms with Crippen LogP contribution in [-0.4, -0.2) is 39.9 Å². The third kappa shape index (κ3) is 4.57. The molecule has 8 nitrogen and oxygen atoms in total. The van der Waals surface area contributed by atoms with E-state index in [9.17, 15) is 10.1 Å². The van der Waals surface area contributed by atoms with Gasteiger partial charge in [-0.2, -0.15) is 0 Å². The molecule has 1 aliphatic heterocycles. The van der Waals surface area contributed by atoms with Gasteiger partial charge < -0.3 is 15.0 Å². The van der Waals surface area contributed by atoms with Crippen molar-refractivity contribution in [1.82, 2.24) is 14.9 Å². The smallest absolute Gasteiger partial charge is 0.285 e. The molecule has 1 saturated carbocycles. The first kappa shape index (κ1) is 23.0. The van der Waals surface area contributed by atoms with E-state index in [4.69, 9.17) is 4.74 Å². The fraction of sp³-hybridized carbons (Fsp3) is 0.241. The summed E-state index contributed by atoms with van der Waals surface area (Å²) in [6, 6.07) is 18.5. The van der Waals surface area contributed by atoms with Crippen LogP contribution < -0.4 is 10.1 Å². The van der Waals surface area contributed by atoms with Crippen LogP contribution >= 0.6 is 0 Å². The lowest BCUT2D eigenvalue weighted by atomic mass is 10.1. The maximum absolute atomic E-state index is 11.9. The van der Waals surface area contributed by atoms with E-state index in [1.807, 2.05) is 55.5 Å². The third-order valence-corrected chi connectivity index (χ3v) is 7.11. The number of para-hydroxylation sites is 1. The predicted octanol–water partition coefficient (Wildman–Crippen LogP) is 5.54. The number of aromatic nitrogens is 2. The molecule has 1 N–H and O–H groups in total. The van der Waals surface area contributed by atoms with Crippen LogP contribution in [0.1, 0.15) is 11.1 Å². The van der Waals surface area contributed by atoms with E-state index in [0.717, 1.165) is 35.8 Å². The molecule has 184 valence electrons. The summed E-state index contributed by atoms with van der Waals surface area (Å²) in [6.45, 7) is 4.05. The highest BCUT2D eigenvalue weighted by Gasteiger charge is 2.54. The molecule has 1 aromatic heterocycles. The SMILES string of the molecule is Cc1cc(Nc2ncnc3cc(C#C[C@@H]4[C@H]5CN(C)C[C@@H]45)c([N+](=O)[O-])cc23)ccc1Oc1ccccc1. The topological polar surface area (TPSA) is 93.4 Å². The minimum absolute atomic E-state index is 0.0384. The molecule has 0 spiro atoms. The summed E-state index contributed by atoms with van der Waals surface area (Å²) in [5, 5.41) is 15.8. The van der Waals surface area contributed by atoms with Crippen molar-refractivity contribution in [2.24, 2.45) is 17.8 Å². The van der Waals surface area contributed by atoms with Gasteiger partial charge in [0, 0.05) is 36.1 Å². The number of nitrogens with zero attached hydrogens (tertiary/aromatic N) is 4. The van der Waals surface area contributed by atoms with Crippen LogP contribution in [0.15, 0.2) is 67.0 Å². The Kier molecular flexibility index (Phi) is 5.70. The molecular formula is C29H25N5O3. The highest BCUT2D eigenvalue weighted by atomic mass is 16.6. The monoisotopic (exact) mass is 491 g/mol. The molecule has 0 unspecified atom stereocenters. The van der Waals surface area contributed by atoms with Crippen molar-refractivity contribution < 1.29 is 9.66 Å². The molecule has 0 amide bonds. The van der Waals surface area contributed by atoms with Crippen molar-refractivity contribution in [3.8, 4) is 23.3 Å². The van der Waals surface area contributed by atoms with Gasteiger partial charge in [-0.1, -0.05) is 30.0 Å². The van der Waals surface area contributed by atoms with Crippen LogP contribution in [0.25, 0.3) is 10.9 Å². The predicted molar refractivity (Wildman–Crippen MR) is 142 cm³/mol. The molecule has 1 aliphatic carbocycles. The maximum Gasteiger partial charge on any atom is 0.285 e. The van der Waals surface area contributed by atoms with Gasteiger partial charge in [-0.25, -0.2) is 9.97 Å². The lowest BCUT2D eigenvalue weighted by Gasteiger charge is -2.12. The lowest BCUT2D eigenvalue weighted by molar-refractivity contribution is -0.385. The van der Waals surface area contributed by atoms with Crippen LogP contribution in [0.5, 0.6) is 11.5 Å². The molecule has 2 aliphatic rings. The molecule has 3 atom stereocenters. The van der Waals surface area contributed by atoms with Gasteiger partial charge in [0.25, 0.3) is 5.69 Å². The van der Waals surface area contributed by atoms with E-state index >= 15 is 0 Å². The van der Waals surface area contributed by atoms with Crippen LogP contribution in [0.2, 0.25) is 0 Å². The Morgan fingerprint density at radius 1 is 1.08 bits per heavy atom. The largest absolute Gasteiger partial charge is 0.457 e. The number of rotatable bonds is 5. The van der Waals surface area contributed by atoms with E-state index in [-0.39, 0.29) is 10.6 Å².